The number of ether oxygens (including phenoxy) is 1. The SMILES string of the molecule is COc1cc(C(=O)N2CCN(CCCc3cccnc3)C[C@H]2Cc2ccc(F)cc2)cc(C(F)(F)F)c1.Cl.Cl. The third-order valence-corrected chi connectivity index (χ3v) is 6.59. The van der Waals surface area contributed by atoms with Crippen molar-refractivity contribution < 1.29 is 27.1 Å². The molecule has 0 radical (unpaired) electrons. The van der Waals surface area contributed by atoms with E-state index in [2.05, 4.69) is 9.88 Å². The van der Waals surface area contributed by atoms with E-state index in [1.54, 1.807) is 23.2 Å². The maximum absolute atomic E-state index is 13.5. The summed E-state index contributed by atoms with van der Waals surface area (Å²) in [5, 5.41) is 0. The van der Waals surface area contributed by atoms with E-state index in [-0.39, 0.29) is 48.0 Å². The van der Waals surface area contributed by atoms with Crippen LogP contribution < -0.4 is 4.74 Å². The van der Waals surface area contributed by atoms with Crippen LogP contribution in [0.2, 0.25) is 0 Å². The predicted molar refractivity (Wildman–Crippen MR) is 146 cm³/mol. The Hall–Kier alpha value is -2.88. The number of carbonyl (C=O) groups is 1. The number of benzene rings is 2. The van der Waals surface area contributed by atoms with Gasteiger partial charge >= 0.3 is 6.18 Å². The summed E-state index contributed by atoms with van der Waals surface area (Å²) < 4.78 is 58.9. The molecule has 5 nitrogen and oxygen atoms in total. The largest absolute Gasteiger partial charge is 0.497 e. The van der Waals surface area contributed by atoms with E-state index >= 15 is 0 Å². The van der Waals surface area contributed by atoms with Crippen molar-refractivity contribution in [3.05, 3.63) is 95.1 Å². The number of pyridine rings is 1. The van der Waals surface area contributed by atoms with Gasteiger partial charge in [-0.05, 0) is 73.3 Å². The highest BCUT2D eigenvalue weighted by molar-refractivity contribution is 5.95. The first kappa shape index (κ1) is 32.3. The lowest BCUT2D eigenvalue weighted by atomic mass is 9.99. The topological polar surface area (TPSA) is 45.7 Å². The van der Waals surface area contributed by atoms with Crippen molar-refractivity contribution in [3.63, 3.8) is 0 Å². The van der Waals surface area contributed by atoms with Crippen molar-refractivity contribution in [1.29, 1.82) is 0 Å². The van der Waals surface area contributed by atoms with Gasteiger partial charge in [-0.3, -0.25) is 14.7 Å². The fourth-order valence-corrected chi connectivity index (χ4v) is 4.68. The third-order valence-electron chi connectivity index (χ3n) is 6.59. The van der Waals surface area contributed by atoms with Crippen LogP contribution in [0.4, 0.5) is 17.6 Å². The van der Waals surface area contributed by atoms with Gasteiger partial charge in [0.1, 0.15) is 11.6 Å². The maximum Gasteiger partial charge on any atom is 0.416 e. The molecular weight excluding hydrogens is 557 g/mol. The summed E-state index contributed by atoms with van der Waals surface area (Å²) in [6.07, 6.45) is 1.22. The van der Waals surface area contributed by atoms with E-state index in [9.17, 15) is 22.4 Å². The predicted octanol–water partition coefficient (Wildman–Crippen LogP) is 6.09. The van der Waals surface area contributed by atoms with Gasteiger partial charge in [0.15, 0.2) is 0 Å². The van der Waals surface area contributed by atoms with Gasteiger partial charge in [0.05, 0.1) is 12.7 Å². The summed E-state index contributed by atoms with van der Waals surface area (Å²) in [4.78, 5) is 21.6. The quantitative estimate of drug-likeness (QED) is 0.299. The van der Waals surface area contributed by atoms with Crippen LogP contribution in [0.3, 0.4) is 0 Å². The number of aryl methyl sites for hydroxylation is 1. The van der Waals surface area contributed by atoms with Gasteiger partial charge in [-0.25, -0.2) is 4.39 Å². The molecular formula is C28H31Cl2F4N3O2. The molecule has 0 N–H and O–H groups in total. The van der Waals surface area contributed by atoms with Gasteiger partial charge in [-0.1, -0.05) is 18.2 Å². The molecule has 11 heteroatoms. The fraction of sp³-hybridized carbons (Fsp3) is 0.357. The molecule has 1 atom stereocenters. The Balaban J connectivity index is 0.00000267. The number of methoxy groups -OCH3 is 1. The zero-order chi connectivity index (χ0) is 26.4. The highest BCUT2D eigenvalue weighted by atomic mass is 35.5. The standard InChI is InChI=1S/C28H29F4N3O2.2ClH/c1-37-26-16-22(15-23(17-26)28(30,31)32)27(36)35-13-12-34(11-3-5-21-4-2-10-33-18-21)19-25(35)14-20-6-8-24(29)9-7-20;;/h2,4,6-10,15-18,25H,3,5,11-14,19H2,1H3;2*1H/t25-;;/m1../s1. The maximum atomic E-state index is 13.5. The number of piperazine rings is 1. The van der Waals surface area contributed by atoms with Crippen molar-refractivity contribution in [1.82, 2.24) is 14.8 Å². The van der Waals surface area contributed by atoms with Crippen molar-refractivity contribution in [2.75, 3.05) is 33.3 Å². The molecule has 0 aliphatic carbocycles. The molecule has 2 heterocycles. The van der Waals surface area contributed by atoms with Crippen LogP contribution in [0.15, 0.2) is 67.0 Å². The number of amides is 1. The van der Waals surface area contributed by atoms with E-state index in [1.807, 2.05) is 18.3 Å². The minimum Gasteiger partial charge on any atom is -0.497 e. The first-order valence-corrected chi connectivity index (χ1v) is 12.2. The summed E-state index contributed by atoms with van der Waals surface area (Å²) in [6.45, 7) is 2.35. The zero-order valence-electron chi connectivity index (χ0n) is 21.4. The molecule has 1 aliphatic heterocycles. The van der Waals surface area contributed by atoms with Crippen molar-refractivity contribution in [2.24, 2.45) is 0 Å². The molecule has 212 valence electrons. The summed E-state index contributed by atoms with van der Waals surface area (Å²) >= 11 is 0. The fourth-order valence-electron chi connectivity index (χ4n) is 4.68. The van der Waals surface area contributed by atoms with Crippen LogP contribution in [0.25, 0.3) is 0 Å². The number of alkyl halides is 3. The molecule has 1 aliphatic rings. The Labute approximate surface area is 238 Å². The van der Waals surface area contributed by atoms with E-state index in [0.29, 0.717) is 26.1 Å². The number of hydrogen-bond acceptors (Lipinski definition) is 4. The first-order valence-electron chi connectivity index (χ1n) is 12.2. The van der Waals surface area contributed by atoms with E-state index in [1.165, 1.54) is 25.3 Å². The van der Waals surface area contributed by atoms with Gasteiger partial charge in [-0.15, -0.1) is 24.8 Å². The van der Waals surface area contributed by atoms with E-state index in [4.69, 9.17) is 4.74 Å². The highest BCUT2D eigenvalue weighted by Gasteiger charge is 2.35. The Morgan fingerprint density at radius 2 is 1.79 bits per heavy atom. The van der Waals surface area contributed by atoms with Gasteiger partial charge in [0.2, 0.25) is 0 Å². The van der Waals surface area contributed by atoms with Crippen LogP contribution in [-0.2, 0) is 19.0 Å². The van der Waals surface area contributed by atoms with Crippen LogP contribution in [0, 0.1) is 5.82 Å². The second kappa shape index (κ2) is 14.5. The van der Waals surface area contributed by atoms with Crippen LogP contribution >= 0.6 is 24.8 Å². The Kier molecular flexibility index (Phi) is 12.0. The molecule has 0 unspecified atom stereocenters. The number of carbonyl (C=O) groups excluding carboxylic acids is 1. The zero-order valence-corrected chi connectivity index (χ0v) is 23.0. The first-order chi connectivity index (χ1) is 17.7. The molecule has 2 aromatic carbocycles. The summed E-state index contributed by atoms with van der Waals surface area (Å²) in [5.74, 6) is -0.859. The highest BCUT2D eigenvalue weighted by Crippen LogP contribution is 2.33. The lowest BCUT2D eigenvalue weighted by Gasteiger charge is -2.42. The average Bonchev–Trinajstić information content (AvgIpc) is 2.89. The number of hydrogen-bond donors (Lipinski definition) is 0. The molecule has 4 rings (SSSR count). The Bertz CT molecular complexity index is 1200. The second-order valence-electron chi connectivity index (χ2n) is 9.20. The molecule has 39 heavy (non-hydrogen) atoms. The van der Waals surface area contributed by atoms with Crippen LogP contribution in [0.5, 0.6) is 5.75 Å². The number of halogens is 6. The molecule has 1 aromatic heterocycles. The van der Waals surface area contributed by atoms with E-state index in [0.717, 1.165) is 42.6 Å². The summed E-state index contributed by atoms with van der Waals surface area (Å²) in [7, 11) is 1.27. The molecule has 0 saturated carbocycles. The molecule has 1 fully saturated rings. The minimum atomic E-state index is -4.61. The Morgan fingerprint density at radius 3 is 2.44 bits per heavy atom. The number of rotatable bonds is 8. The summed E-state index contributed by atoms with van der Waals surface area (Å²) in [6, 6.07) is 12.8. The monoisotopic (exact) mass is 587 g/mol. The van der Waals surface area contributed by atoms with Crippen LogP contribution in [0.1, 0.15) is 33.5 Å². The van der Waals surface area contributed by atoms with Gasteiger partial charge in [-0.2, -0.15) is 13.2 Å². The van der Waals surface area contributed by atoms with Crippen molar-refractivity contribution >= 4 is 30.7 Å². The van der Waals surface area contributed by atoms with Gasteiger partial charge in [0.25, 0.3) is 5.91 Å². The van der Waals surface area contributed by atoms with Crippen LogP contribution in [-0.4, -0.2) is 60.0 Å². The van der Waals surface area contributed by atoms with Gasteiger partial charge in [0, 0.05) is 43.6 Å². The van der Waals surface area contributed by atoms with E-state index < -0.39 is 17.6 Å². The second-order valence-corrected chi connectivity index (χ2v) is 9.20. The lowest BCUT2D eigenvalue weighted by molar-refractivity contribution is -0.137. The molecule has 1 amide bonds. The summed E-state index contributed by atoms with van der Waals surface area (Å²) in [5.41, 5.74) is 1.00. The lowest BCUT2D eigenvalue weighted by Crippen LogP contribution is -2.56. The molecule has 3 aromatic rings. The average molecular weight is 588 g/mol. The number of aromatic nitrogens is 1. The molecule has 0 bridgehead atoms. The molecule has 1 saturated heterocycles. The van der Waals surface area contributed by atoms with Crippen molar-refractivity contribution in [3.8, 4) is 5.75 Å². The smallest absolute Gasteiger partial charge is 0.416 e. The van der Waals surface area contributed by atoms with Gasteiger partial charge < -0.3 is 9.64 Å². The number of nitrogens with zero attached hydrogens (tertiary/aromatic N) is 3. The van der Waals surface area contributed by atoms with Crippen molar-refractivity contribution in [2.45, 2.75) is 31.5 Å². The normalized spacial score (nSPS) is 15.7. The minimum absolute atomic E-state index is 0. The molecule has 0 spiro atoms. The Morgan fingerprint density at radius 1 is 1.05 bits per heavy atom. The third kappa shape index (κ3) is 8.81.